The molecule has 1 N–H and O–H groups in total. The second-order valence-corrected chi connectivity index (χ2v) is 12.4. The molecule has 0 radical (unpaired) electrons. The summed E-state index contributed by atoms with van der Waals surface area (Å²) in [5.41, 5.74) is 5.14. The highest BCUT2D eigenvalue weighted by atomic mass is 16.6. The van der Waals surface area contributed by atoms with Crippen molar-refractivity contribution in [1.82, 2.24) is 10.2 Å². The van der Waals surface area contributed by atoms with Crippen LogP contribution in [0.1, 0.15) is 55.5 Å². The monoisotopic (exact) mass is 620 g/mol. The number of aryl methyl sites for hydroxylation is 1. The van der Waals surface area contributed by atoms with Crippen LogP contribution in [0.3, 0.4) is 0 Å². The standard InChI is InChI=1S/C38H40N2O6/c1-26-10-12-27(13-11-26)25-44-32-19-16-30-21-23-40(37(43)46-38(2,3)4)35(33(30)24-32)36(42)39-22-20-34(41)45-31-17-14-29(15-18-31)28-8-6-5-7-9-28/h5-19,24,35H,20-23,25H2,1-4H3,(H,39,42)/t35-/m0/s1. The van der Waals surface area contributed by atoms with Crippen molar-refractivity contribution < 1.29 is 28.6 Å². The number of nitrogens with one attached hydrogen (secondary N) is 1. The molecule has 8 heteroatoms. The molecular weight excluding hydrogens is 580 g/mol. The van der Waals surface area contributed by atoms with Crippen molar-refractivity contribution >= 4 is 18.0 Å². The van der Waals surface area contributed by atoms with Crippen LogP contribution in [-0.4, -0.2) is 41.6 Å². The third kappa shape index (κ3) is 8.53. The fourth-order valence-corrected chi connectivity index (χ4v) is 5.25. The molecule has 1 atom stereocenters. The Balaban J connectivity index is 1.25. The highest BCUT2D eigenvalue weighted by Crippen LogP contribution is 2.34. The molecule has 0 aromatic heterocycles. The number of esters is 1. The Kier molecular flexibility index (Phi) is 10.1. The maximum absolute atomic E-state index is 13.7. The first-order valence-electron chi connectivity index (χ1n) is 15.5. The van der Waals surface area contributed by atoms with Crippen LogP contribution >= 0.6 is 0 Å². The summed E-state index contributed by atoms with van der Waals surface area (Å²) < 4.78 is 17.2. The Morgan fingerprint density at radius 3 is 2.22 bits per heavy atom. The van der Waals surface area contributed by atoms with Gasteiger partial charge in [0.15, 0.2) is 0 Å². The first-order chi connectivity index (χ1) is 22.1. The summed E-state index contributed by atoms with van der Waals surface area (Å²) in [5.74, 6) is 0.117. The lowest BCUT2D eigenvalue weighted by Gasteiger charge is -2.37. The van der Waals surface area contributed by atoms with Gasteiger partial charge in [-0.25, -0.2) is 4.79 Å². The fraction of sp³-hybridized carbons (Fsp3) is 0.289. The Labute approximate surface area is 270 Å². The lowest BCUT2D eigenvalue weighted by atomic mass is 9.92. The molecule has 0 aliphatic carbocycles. The van der Waals surface area contributed by atoms with Gasteiger partial charge in [-0.3, -0.25) is 14.5 Å². The van der Waals surface area contributed by atoms with Crippen molar-refractivity contribution in [3.63, 3.8) is 0 Å². The highest BCUT2D eigenvalue weighted by molar-refractivity contribution is 5.88. The quantitative estimate of drug-likeness (QED) is 0.157. The minimum atomic E-state index is -0.955. The van der Waals surface area contributed by atoms with Crippen molar-refractivity contribution in [2.45, 2.75) is 58.8 Å². The van der Waals surface area contributed by atoms with E-state index in [1.165, 1.54) is 10.5 Å². The number of hydrogen-bond acceptors (Lipinski definition) is 6. The molecule has 46 heavy (non-hydrogen) atoms. The molecule has 4 aromatic rings. The molecule has 2 amide bonds. The Hall–Kier alpha value is -5.11. The van der Waals surface area contributed by atoms with E-state index in [4.69, 9.17) is 14.2 Å². The number of nitrogens with zero attached hydrogens (tertiary/aromatic N) is 1. The van der Waals surface area contributed by atoms with Crippen molar-refractivity contribution in [2.75, 3.05) is 13.1 Å². The zero-order valence-corrected chi connectivity index (χ0v) is 26.7. The van der Waals surface area contributed by atoms with E-state index < -0.39 is 29.6 Å². The molecule has 0 saturated carbocycles. The van der Waals surface area contributed by atoms with E-state index in [9.17, 15) is 14.4 Å². The molecule has 0 bridgehead atoms. The third-order valence-corrected chi connectivity index (χ3v) is 7.57. The number of amides is 2. The van der Waals surface area contributed by atoms with Gasteiger partial charge in [0.25, 0.3) is 0 Å². The molecule has 0 saturated heterocycles. The van der Waals surface area contributed by atoms with Crippen molar-refractivity contribution in [3.05, 3.63) is 119 Å². The summed E-state index contributed by atoms with van der Waals surface area (Å²) in [7, 11) is 0. The predicted octanol–water partition coefficient (Wildman–Crippen LogP) is 7.19. The number of hydrogen-bond donors (Lipinski definition) is 1. The van der Waals surface area contributed by atoms with Gasteiger partial charge in [-0.2, -0.15) is 0 Å². The van der Waals surface area contributed by atoms with Gasteiger partial charge in [-0.15, -0.1) is 0 Å². The Morgan fingerprint density at radius 2 is 1.52 bits per heavy atom. The normalized spacial score (nSPS) is 14.2. The smallest absolute Gasteiger partial charge is 0.411 e. The van der Waals surface area contributed by atoms with E-state index in [2.05, 4.69) is 5.32 Å². The largest absolute Gasteiger partial charge is 0.489 e. The first-order valence-corrected chi connectivity index (χ1v) is 15.5. The van der Waals surface area contributed by atoms with Gasteiger partial charge in [-0.1, -0.05) is 78.4 Å². The van der Waals surface area contributed by atoms with Crippen LogP contribution < -0.4 is 14.8 Å². The molecule has 0 unspecified atom stereocenters. The molecule has 0 spiro atoms. The van der Waals surface area contributed by atoms with E-state index in [0.717, 1.165) is 22.3 Å². The van der Waals surface area contributed by atoms with Gasteiger partial charge in [-0.05, 0) is 86.2 Å². The van der Waals surface area contributed by atoms with E-state index in [1.54, 1.807) is 32.9 Å². The number of benzene rings is 4. The lowest BCUT2D eigenvalue weighted by molar-refractivity contribution is -0.134. The van der Waals surface area contributed by atoms with E-state index in [-0.39, 0.29) is 13.0 Å². The maximum atomic E-state index is 13.7. The fourth-order valence-electron chi connectivity index (χ4n) is 5.25. The summed E-state index contributed by atoms with van der Waals surface area (Å²) >= 11 is 0. The molecule has 1 aliphatic heterocycles. The molecule has 1 aliphatic rings. The minimum absolute atomic E-state index is 0.0391. The lowest BCUT2D eigenvalue weighted by Crippen LogP contribution is -2.49. The van der Waals surface area contributed by atoms with Crippen LogP contribution in [0.4, 0.5) is 4.79 Å². The average Bonchev–Trinajstić information content (AvgIpc) is 3.03. The Bertz CT molecular complexity index is 1660. The van der Waals surface area contributed by atoms with E-state index in [0.29, 0.717) is 36.6 Å². The van der Waals surface area contributed by atoms with E-state index in [1.807, 2.05) is 91.9 Å². The second kappa shape index (κ2) is 14.3. The topological polar surface area (TPSA) is 94.2 Å². The van der Waals surface area contributed by atoms with Crippen molar-refractivity contribution in [2.24, 2.45) is 0 Å². The number of carbonyl (C=O) groups is 3. The molecule has 8 nitrogen and oxygen atoms in total. The summed E-state index contributed by atoms with van der Waals surface area (Å²) in [6, 6.07) is 30.0. The van der Waals surface area contributed by atoms with Gasteiger partial charge in [0.1, 0.15) is 29.7 Å². The summed E-state index contributed by atoms with van der Waals surface area (Å²) in [5, 5.41) is 2.84. The van der Waals surface area contributed by atoms with Crippen LogP contribution in [0, 0.1) is 6.92 Å². The van der Waals surface area contributed by atoms with Gasteiger partial charge < -0.3 is 19.5 Å². The summed E-state index contributed by atoms with van der Waals surface area (Å²) in [4.78, 5) is 41.1. The number of ether oxygens (including phenoxy) is 3. The highest BCUT2D eigenvalue weighted by Gasteiger charge is 2.38. The number of rotatable bonds is 9. The van der Waals surface area contributed by atoms with Gasteiger partial charge in [0.2, 0.25) is 5.91 Å². The van der Waals surface area contributed by atoms with Crippen LogP contribution in [0.15, 0.2) is 97.1 Å². The van der Waals surface area contributed by atoms with Crippen LogP contribution in [-0.2, 0) is 27.4 Å². The van der Waals surface area contributed by atoms with Crippen molar-refractivity contribution in [3.8, 4) is 22.6 Å². The molecule has 4 aromatic carbocycles. The minimum Gasteiger partial charge on any atom is -0.489 e. The molecule has 5 rings (SSSR count). The van der Waals surface area contributed by atoms with Crippen molar-refractivity contribution in [1.29, 1.82) is 0 Å². The number of fused-ring (bicyclic) bond motifs is 1. The number of carbonyl (C=O) groups excluding carboxylic acids is 3. The van der Waals surface area contributed by atoms with Crippen LogP contribution in [0.2, 0.25) is 0 Å². The zero-order valence-electron chi connectivity index (χ0n) is 26.7. The molecular formula is C38H40N2O6. The van der Waals surface area contributed by atoms with Crippen LogP contribution in [0.5, 0.6) is 11.5 Å². The Morgan fingerprint density at radius 1 is 0.848 bits per heavy atom. The van der Waals surface area contributed by atoms with E-state index >= 15 is 0 Å². The molecule has 238 valence electrons. The summed E-state index contributed by atoms with van der Waals surface area (Å²) in [6.07, 6.45) is -0.0632. The first kappa shape index (κ1) is 32.3. The zero-order chi connectivity index (χ0) is 32.7. The van der Waals surface area contributed by atoms with Gasteiger partial charge >= 0.3 is 12.1 Å². The SMILES string of the molecule is Cc1ccc(COc2ccc3c(c2)[C@@H](C(=O)NCCC(=O)Oc2ccc(-c4ccccc4)cc2)N(C(=O)OC(C)(C)C)CC3)cc1. The average molecular weight is 621 g/mol. The summed E-state index contributed by atoms with van der Waals surface area (Å²) in [6.45, 7) is 8.11. The molecule has 1 heterocycles. The molecule has 0 fully saturated rings. The van der Waals surface area contributed by atoms with Gasteiger partial charge in [0, 0.05) is 13.1 Å². The third-order valence-electron chi connectivity index (χ3n) is 7.57. The van der Waals surface area contributed by atoms with Gasteiger partial charge in [0.05, 0.1) is 6.42 Å². The predicted molar refractivity (Wildman–Crippen MR) is 176 cm³/mol. The second-order valence-electron chi connectivity index (χ2n) is 12.4. The van der Waals surface area contributed by atoms with Crippen LogP contribution in [0.25, 0.3) is 11.1 Å². The maximum Gasteiger partial charge on any atom is 0.411 e.